The summed E-state index contributed by atoms with van der Waals surface area (Å²) in [6.45, 7) is 5.02. The van der Waals surface area contributed by atoms with E-state index in [2.05, 4.69) is 23.0 Å². The van der Waals surface area contributed by atoms with Gasteiger partial charge in [0, 0.05) is 26.1 Å². The van der Waals surface area contributed by atoms with Gasteiger partial charge in [0.25, 0.3) is 0 Å². The highest BCUT2D eigenvalue weighted by molar-refractivity contribution is 5.53. The van der Waals surface area contributed by atoms with E-state index in [1.807, 2.05) is 11.7 Å². The van der Waals surface area contributed by atoms with E-state index >= 15 is 0 Å². The van der Waals surface area contributed by atoms with E-state index in [1.54, 1.807) is 0 Å². The highest BCUT2D eigenvalue weighted by atomic mass is 16.1. The van der Waals surface area contributed by atoms with Gasteiger partial charge >= 0.3 is 0 Å². The van der Waals surface area contributed by atoms with Crippen LogP contribution in [-0.4, -0.2) is 34.1 Å². The minimum Gasteiger partial charge on any atom is -0.303 e. The largest absolute Gasteiger partial charge is 0.303 e. The number of aldehydes is 1. The molecule has 1 atom stereocenters. The van der Waals surface area contributed by atoms with Gasteiger partial charge in [-0.1, -0.05) is 6.92 Å². The summed E-state index contributed by atoms with van der Waals surface area (Å²) in [4.78, 5) is 13.2. The Kier molecular flexibility index (Phi) is 3.94. The quantitative estimate of drug-likeness (QED) is 0.740. The van der Waals surface area contributed by atoms with Crippen LogP contribution in [0.15, 0.2) is 6.07 Å². The lowest BCUT2D eigenvalue weighted by Crippen LogP contribution is -2.35. The molecule has 0 amide bonds. The predicted molar refractivity (Wildman–Crippen MR) is 66.7 cm³/mol. The molecular formula is C13H21N3O. The Morgan fingerprint density at radius 1 is 1.59 bits per heavy atom. The number of hydrogen-bond acceptors (Lipinski definition) is 3. The zero-order valence-corrected chi connectivity index (χ0v) is 10.7. The molecule has 1 aromatic heterocycles. The van der Waals surface area contributed by atoms with Gasteiger partial charge in [-0.15, -0.1) is 0 Å². The second kappa shape index (κ2) is 5.45. The van der Waals surface area contributed by atoms with Crippen molar-refractivity contribution < 1.29 is 4.79 Å². The van der Waals surface area contributed by atoms with Crippen LogP contribution in [0.3, 0.4) is 0 Å². The standard InChI is InChI=1S/C13H21N3O/c1-3-12-7-13(15(2)14-12)9-16-6-4-5-11(8-16)10-17/h7,10-11H,3-6,8-9H2,1-2H3. The van der Waals surface area contributed by atoms with Crippen LogP contribution in [0.4, 0.5) is 0 Å². The number of aryl methyl sites for hydroxylation is 2. The second-order valence-electron chi connectivity index (χ2n) is 4.88. The Labute approximate surface area is 103 Å². The number of rotatable bonds is 4. The summed E-state index contributed by atoms with van der Waals surface area (Å²) in [6.07, 6.45) is 4.26. The number of nitrogens with zero attached hydrogens (tertiary/aromatic N) is 3. The SMILES string of the molecule is CCc1cc(CN2CCCC(C=O)C2)n(C)n1. The van der Waals surface area contributed by atoms with E-state index in [0.29, 0.717) is 0 Å². The molecule has 1 aliphatic rings. The lowest BCUT2D eigenvalue weighted by Gasteiger charge is -2.29. The van der Waals surface area contributed by atoms with Crippen LogP contribution < -0.4 is 0 Å². The monoisotopic (exact) mass is 235 g/mol. The van der Waals surface area contributed by atoms with Crippen molar-refractivity contribution in [3.05, 3.63) is 17.5 Å². The van der Waals surface area contributed by atoms with Gasteiger partial charge < -0.3 is 4.79 Å². The molecule has 0 bridgehead atoms. The molecule has 2 rings (SSSR count). The summed E-state index contributed by atoms with van der Waals surface area (Å²) in [5.74, 6) is 0.225. The summed E-state index contributed by atoms with van der Waals surface area (Å²) < 4.78 is 1.96. The predicted octanol–water partition coefficient (Wildman–Crippen LogP) is 1.39. The van der Waals surface area contributed by atoms with E-state index in [0.717, 1.165) is 50.9 Å². The third kappa shape index (κ3) is 2.94. The normalized spacial score (nSPS) is 21.6. The smallest absolute Gasteiger partial charge is 0.124 e. The van der Waals surface area contributed by atoms with Crippen LogP contribution >= 0.6 is 0 Å². The van der Waals surface area contributed by atoms with E-state index in [9.17, 15) is 4.79 Å². The molecular weight excluding hydrogens is 214 g/mol. The molecule has 1 unspecified atom stereocenters. The van der Waals surface area contributed by atoms with Crippen molar-refractivity contribution in [1.82, 2.24) is 14.7 Å². The Morgan fingerprint density at radius 2 is 2.41 bits per heavy atom. The van der Waals surface area contributed by atoms with Crippen LogP contribution in [-0.2, 0) is 24.8 Å². The minimum absolute atomic E-state index is 0.225. The highest BCUT2D eigenvalue weighted by Gasteiger charge is 2.20. The first-order valence-corrected chi connectivity index (χ1v) is 6.42. The summed E-state index contributed by atoms with van der Waals surface area (Å²) in [6, 6.07) is 2.17. The van der Waals surface area contributed by atoms with Crippen LogP contribution in [0.25, 0.3) is 0 Å². The van der Waals surface area contributed by atoms with E-state index < -0.39 is 0 Å². The Morgan fingerprint density at radius 3 is 3.06 bits per heavy atom. The fourth-order valence-electron chi connectivity index (χ4n) is 2.47. The molecule has 0 aliphatic carbocycles. The van der Waals surface area contributed by atoms with Gasteiger partial charge in [-0.2, -0.15) is 5.10 Å². The van der Waals surface area contributed by atoms with Crippen molar-refractivity contribution in [2.24, 2.45) is 13.0 Å². The zero-order valence-electron chi connectivity index (χ0n) is 10.7. The number of carbonyl (C=O) groups is 1. The van der Waals surface area contributed by atoms with Crippen molar-refractivity contribution in [3.8, 4) is 0 Å². The van der Waals surface area contributed by atoms with Gasteiger partial charge in [0.2, 0.25) is 0 Å². The van der Waals surface area contributed by atoms with Crippen LogP contribution in [0.1, 0.15) is 31.2 Å². The maximum Gasteiger partial charge on any atom is 0.124 e. The van der Waals surface area contributed by atoms with Crippen molar-refractivity contribution in [2.75, 3.05) is 13.1 Å². The molecule has 0 spiro atoms. The molecule has 1 fully saturated rings. The fourth-order valence-corrected chi connectivity index (χ4v) is 2.47. The number of hydrogen-bond donors (Lipinski definition) is 0. The van der Waals surface area contributed by atoms with Crippen LogP contribution in [0.5, 0.6) is 0 Å². The van der Waals surface area contributed by atoms with Gasteiger partial charge in [-0.25, -0.2) is 0 Å². The highest BCUT2D eigenvalue weighted by Crippen LogP contribution is 2.17. The van der Waals surface area contributed by atoms with Gasteiger partial charge in [0.15, 0.2) is 0 Å². The maximum absolute atomic E-state index is 10.8. The topological polar surface area (TPSA) is 38.1 Å². The van der Waals surface area contributed by atoms with Gasteiger partial charge in [0.1, 0.15) is 6.29 Å². The summed E-state index contributed by atoms with van der Waals surface area (Å²) in [5, 5.41) is 4.45. The fraction of sp³-hybridized carbons (Fsp3) is 0.692. The molecule has 0 N–H and O–H groups in total. The third-order valence-corrected chi connectivity index (χ3v) is 3.51. The maximum atomic E-state index is 10.8. The molecule has 4 nitrogen and oxygen atoms in total. The Balaban J connectivity index is 1.99. The molecule has 0 aromatic carbocycles. The third-order valence-electron chi connectivity index (χ3n) is 3.51. The first-order chi connectivity index (χ1) is 8.22. The number of aromatic nitrogens is 2. The molecule has 0 saturated carbocycles. The molecule has 94 valence electrons. The lowest BCUT2D eigenvalue weighted by molar-refractivity contribution is -0.112. The van der Waals surface area contributed by atoms with E-state index in [-0.39, 0.29) is 5.92 Å². The van der Waals surface area contributed by atoms with Crippen molar-refractivity contribution in [2.45, 2.75) is 32.7 Å². The molecule has 4 heteroatoms. The summed E-state index contributed by atoms with van der Waals surface area (Å²) >= 11 is 0. The lowest BCUT2D eigenvalue weighted by atomic mass is 10.00. The number of carbonyl (C=O) groups excluding carboxylic acids is 1. The van der Waals surface area contributed by atoms with Crippen molar-refractivity contribution in [1.29, 1.82) is 0 Å². The molecule has 2 heterocycles. The average Bonchev–Trinajstić information content (AvgIpc) is 2.70. The van der Waals surface area contributed by atoms with Crippen molar-refractivity contribution >= 4 is 6.29 Å². The Bertz CT molecular complexity index is 386. The first kappa shape index (κ1) is 12.3. The second-order valence-corrected chi connectivity index (χ2v) is 4.88. The number of likely N-dealkylation sites (tertiary alicyclic amines) is 1. The molecule has 1 aromatic rings. The van der Waals surface area contributed by atoms with Crippen molar-refractivity contribution in [3.63, 3.8) is 0 Å². The molecule has 1 aliphatic heterocycles. The average molecular weight is 235 g/mol. The van der Waals surface area contributed by atoms with E-state index in [4.69, 9.17) is 0 Å². The summed E-state index contributed by atoms with van der Waals surface area (Å²) in [7, 11) is 2.00. The molecule has 1 saturated heterocycles. The van der Waals surface area contributed by atoms with Crippen LogP contribution in [0.2, 0.25) is 0 Å². The van der Waals surface area contributed by atoms with E-state index in [1.165, 1.54) is 5.69 Å². The first-order valence-electron chi connectivity index (χ1n) is 6.42. The Hall–Kier alpha value is -1.16. The summed E-state index contributed by atoms with van der Waals surface area (Å²) in [5.41, 5.74) is 2.39. The van der Waals surface area contributed by atoms with Crippen LogP contribution in [0, 0.1) is 5.92 Å². The molecule has 17 heavy (non-hydrogen) atoms. The number of piperidine rings is 1. The zero-order chi connectivity index (χ0) is 12.3. The van der Waals surface area contributed by atoms with Gasteiger partial charge in [-0.3, -0.25) is 9.58 Å². The molecule has 0 radical (unpaired) electrons. The minimum atomic E-state index is 0.225. The van der Waals surface area contributed by atoms with Gasteiger partial charge in [0.05, 0.1) is 11.4 Å². The van der Waals surface area contributed by atoms with Gasteiger partial charge in [-0.05, 0) is 31.9 Å².